The molecule has 0 aromatic heterocycles. The largest absolute Gasteiger partial charge is 0.481 e. The summed E-state index contributed by atoms with van der Waals surface area (Å²) in [6.45, 7) is 11.8. The highest BCUT2D eigenvalue weighted by molar-refractivity contribution is 5.97. The minimum Gasteiger partial charge on any atom is -0.481 e. The van der Waals surface area contributed by atoms with Crippen molar-refractivity contribution in [3.05, 3.63) is 58.7 Å². The Balaban J connectivity index is 2.16. The van der Waals surface area contributed by atoms with E-state index in [4.69, 9.17) is 9.47 Å². The first-order valence-electron chi connectivity index (χ1n) is 9.58. The lowest BCUT2D eigenvalue weighted by atomic mass is 10.0. The van der Waals surface area contributed by atoms with Crippen LogP contribution < -0.4 is 10.1 Å². The first kappa shape index (κ1) is 21.5. The predicted octanol–water partition coefficient (Wildman–Crippen LogP) is 5.01. The van der Waals surface area contributed by atoms with Crippen LogP contribution >= 0.6 is 0 Å². The van der Waals surface area contributed by atoms with Crippen LogP contribution in [-0.2, 0) is 9.53 Å². The van der Waals surface area contributed by atoms with Crippen LogP contribution in [0.5, 0.6) is 5.75 Å². The molecule has 0 aliphatic carbocycles. The van der Waals surface area contributed by atoms with Crippen LogP contribution in [0.3, 0.4) is 0 Å². The van der Waals surface area contributed by atoms with Crippen molar-refractivity contribution in [2.24, 2.45) is 0 Å². The topological polar surface area (TPSA) is 64.6 Å². The fourth-order valence-electron chi connectivity index (χ4n) is 2.80. The number of benzene rings is 2. The van der Waals surface area contributed by atoms with E-state index in [1.165, 1.54) is 0 Å². The molecule has 1 unspecified atom stereocenters. The first-order valence-corrected chi connectivity index (χ1v) is 9.58. The van der Waals surface area contributed by atoms with Gasteiger partial charge in [0.15, 0.2) is 6.10 Å². The van der Waals surface area contributed by atoms with Crippen LogP contribution in [-0.4, -0.2) is 24.6 Å². The molecule has 1 N–H and O–H groups in total. The smallest absolute Gasteiger partial charge is 0.338 e. The van der Waals surface area contributed by atoms with E-state index in [0.717, 1.165) is 22.4 Å². The van der Waals surface area contributed by atoms with Gasteiger partial charge in [0, 0.05) is 5.69 Å². The molecule has 2 aromatic rings. The summed E-state index contributed by atoms with van der Waals surface area (Å²) in [5.41, 5.74) is 3.96. The number of esters is 1. The number of nitrogens with one attached hydrogen (secondary N) is 1. The third-order valence-electron chi connectivity index (χ3n) is 4.47. The standard InChI is InChI=1S/C23H29NO4/c1-7-27-23(26)18-10-9-16(5)20(13-18)24-22(25)17(6)28-21-12-15(4)8-11-19(21)14(2)3/h8-14,17H,7H2,1-6H3,(H,24,25). The molecule has 0 heterocycles. The number of amides is 1. The molecular weight excluding hydrogens is 354 g/mol. The van der Waals surface area contributed by atoms with Crippen molar-refractivity contribution in [3.63, 3.8) is 0 Å². The maximum atomic E-state index is 12.7. The molecule has 0 bridgehead atoms. The lowest BCUT2D eigenvalue weighted by Crippen LogP contribution is -2.30. The van der Waals surface area contributed by atoms with Crippen molar-refractivity contribution in [2.45, 2.75) is 53.6 Å². The summed E-state index contributed by atoms with van der Waals surface area (Å²) in [5, 5.41) is 2.86. The second-order valence-electron chi connectivity index (χ2n) is 7.20. The summed E-state index contributed by atoms with van der Waals surface area (Å²) in [7, 11) is 0. The molecule has 28 heavy (non-hydrogen) atoms. The third-order valence-corrected chi connectivity index (χ3v) is 4.47. The summed E-state index contributed by atoms with van der Waals surface area (Å²) < 4.78 is 11.0. The molecule has 0 aliphatic rings. The lowest BCUT2D eigenvalue weighted by Gasteiger charge is -2.20. The van der Waals surface area contributed by atoms with Gasteiger partial charge in [0.2, 0.25) is 0 Å². The minimum atomic E-state index is -0.690. The van der Waals surface area contributed by atoms with Gasteiger partial charge in [-0.05, 0) is 68.5 Å². The normalized spacial score (nSPS) is 11.8. The first-order chi connectivity index (χ1) is 13.2. The fourth-order valence-corrected chi connectivity index (χ4v) is 2.80. The van der Waals surface area contributed by atoms with E-state index in [1.54, 1.807) is 32.0 Å². The van der Waals surface area contributed by atoms with Gasteiger partial charge in [0.1, 0.15) is 5.75 Å². The van der Waals surface area contributed by atoms with Gasteiger partial charge in [-0.3, -0.25) is 4.79 Å². The molecule has 150 valence electrons. The van der Waals surface area contributed by atoms with Crippen LogP contribution in [0.1, 0.15) is 60.7 Å². The molecule has 2 aromatic carbocycles. The maximum Gasteiger partial charge on any atom is 0.338 e. The lowest BCUT2D eigenvalue weighted by molar-refractivity contribution is -0.122. The zero-order valence-electron chi connectivity index (χ0n) is 17.5. The third kappa shape index (κ3) is 5.35. The average Bonchev–Trinajstić information content (AvgIpc) is 2.63. The van der Waals surface area contributed by atoms with E-state index < -0.39 is 12.1 Å². The van der Waals surface area contributed by atoms with Gasteiger partial charge in [-0.25, -0.2) is 4.79 Å². The van der Waals surface area contributed by atoms with E-state index in [2.05, 4.69) is 19.2 Å². The summed E-state index contributed by atoms with van der Waals surface area (Å²) in [6.07, 6.45) is -0.690. The van der Waals surface area contributed by atoms with Gasteiger partial charge >= 0.3 is 5.97 Å². The molecule has 0 spiro atoms. The van der Waals surface area contributed by atoms with E-state index in [9.17, 15) is 9.59 Å². The van der Waals surface area contributed by atoms with E-state index >= 15 is 0 Å². The zero-order valence-corrected chi connectivity index (χ0v) is 17.5. The number of rotatable bonds is 7. The predicted molar refractivity (Wildman–Crippen MR) is 111 cm³/mol. The monoisotopic (exact) mass is 383 g/mol. The highest BCUT2D eigenvalue weighted by Crippen LogP contribution is 2.28. The van der Waals surface area contributed by atoms with Gasteiger partial charge in [0.05, 0.1) is 12.2 Å². The Kier molecular flexibility index (Phi) is 7.21. The van der Waals surface area contributed by atoms with Gasteiger partial charge in [-0.15, -0.1) is 0 Å². The highest BCUT2D eigenvalue weighted by atomic mass is 16.5. The summed E-state index contributed by atoms with van der Waals surface area (Å²) in [6, 6.07) is 11.1. The van der Waals surface area contributed by atoms with Crippen molar-refractivity contribution in [3.8, 4) is 5.75 Å². The summed E-state index contributed by atoms with van der Waals surface area (Å²) in [5.74, 6) is 0.313. The molecule has 0 fully saturated rings. The van der Waals surface area contributed by atoms with Crippen LogP contribution in [0.25, 0.3) is 0 Å². The molecule has 5 heteroatoms. The van der Waals surface area contributed by atoms with Crippen LogP contribution in [0.4, 0.5) is 5.69 Å². The van der Waals surface area contributed by atoms with Crippen LogP contribution in [0, 0.1) is 13.8 Å². The van der Waals surface area contributed by atoms with Crippen molar-refractivity contribution in [1.82, 2.24) is 0 Å². The number of carbonyl (C=O) groups is 2. The SMILES string of the molecule is CCOC(=O)c1ccc(C)c(NC(=O)C(C)Oc2cc(C)ccc2C(C)C)c1. The van der Waals surface area contributed by atoms with Gasteiger partial charge in [-0.2, -0.15) is 0 Å². The number of hydrogen-bond acceptors (Lipinski definition) is 4. The molecule has 2 rings (SSSR count). The highest BCUT2D eigenvalue weighted by Gasteiger charge is 2.19. The molecule has 0 aliphatic heterocycles. The Morgan fingerprint density at radius 3 is 2.39 bits per heavy atom. The average molecular weight is 383 g/mol. The van der Waals surface area contributed by atoms with Crippen molar-refractivity contribution < 1.29 is 19.1 Å². The second kappa shape index (κ2) is 9.40. The van der Waals surface area contributed by atoms with E-state index in [-0.39, 0.29) is 11.8 Å². The molecule has 0 saturated carbocycles. The Bertz CT molecular complexity index is 858. The molecule has 1 amide bonds. The van der Waals surface area contributed by atoms with Crippen LogP contribution in [0.2, 0.25) is 0 Å². The number of ether oxygens (including phenoxy) is 2. The summed E-state index contributed by atoms with van der Waals surface area (Å²) >= 11 is 0. The number of carbonyl (C=O) groups excluding carboxylic acids is 2. The van der Waals surface area contributed by atoms with E-state index in [1.807, 2.05) is 32.0 Å². The zero-order chi connectivity index (χ0) is 20.8. The van der Waals surface area contributed by atoms with Crippen molar-refractivity contribution in [1.29, 1.82) is 0 Å². The minimum absolute atomic E-state index is 0.277. The Morgan fingerprint density at radius 1 is 1.04 bits per heavy atom. The molecule has 0 saturated heterocycles. The van der Waals surface area contributed by atoms with Gasteiger partial charge < -0.3 is 14.8 Å². The molecule has 1 atom stereocenters. The molecular formula is C23H29NO4. The Labute approximate surface area is 167 Å². The molecule has 5 nitrogen and oxygen atoms in total. The Hall–Kier alpha value is -2.82. The van der Waals surface area contributed by atoms with Gasteiger partial charge in [0.25, 0.3) is 5.91 Å². The fraction of sp³-hybridized carbons (Fsp3) is 0.391. The summed E-state index contributed by atoms with van der Waals surface area (Å²) in [4.78, 5) is 24.6. The van der Waals surface area contributed by atoms with E-state index in [0.29, 0.717) is 17.9 Å². The van der Waals surface area contributed by atoms with Gasteiger partial charge in [-0.1, -0.05) is 32.0 Å². The number of hydrogen-bond donors (Lipinski definition) is 1. The Morgan fingerprint density at radius 2 is 1.75 bits per heavy atom. The molecule has 0 radical (unpaired) electrons. The quantitative estimate of drug-likeness (QED) is 0.683. The number of aryl methyl sites for hydroxylation is 2. The van der Waals surface area contributed by atoms with Crippen molar-refractivity contribution >= 4 is 17.6 Å². The van der Waals surface area contributed by atoms with Crippen molar-refractivity contribution in [2.75, 3.05) is 11.9 Å². The second-order valence-corrected chi connectivity index (χ2v) is 7.20. The maximum absolute atomic E-state index is 12.7. The number of anilines is 1. The van der Waals surface area contributed by atoms with Crippen LogP contribution in [0.15, 0.2) is 36.4 Å².